The minimum Gasteiger partial charge on any atom is -0.467 e. The molecule has 1 aliphatic rings. The van der Waals surface area contributed by atoms with Crippen molar-refractivity contribution in [2.45, 2.75) is 38.8 Å². The van der Waals surface area contributed by atoms with Gasteiger partial charge in [-0.15, -0.1) is 11.3 Å². The number of para-hydroxylation sites is 1. The number of nitrogens with one attached hydrogen (secondary N) is 2. The van der Waals surface area contributed by atoms with Crippen LogP contribution >= 0.6 is 11.3 Å². The van der Waals surface area contributed by atoms with E-state index in [9.17, 15) is 5.11 Å². The predicted molar refractivity (Wildman–Crippen MR) is 123 cm³/mol. The van der Waals surface area contributed by atoms with E-state index in [4.69, 9.17) is 19.4 Å². The minimum absolute atomic E-state index is 0.238. The lowest BCUT2D eigenvalue weighted by atomic mass is 10.1. The monoisotopic (exact) mass is 435 g/mol. The van der Waals surface area contributed by atoms with Crippen LogP contribution in [0.15, 0.2) is 47.1 Å². The number of hydrogen-bond acceptors (Lipinski definition) is 8. The van der Waals surface area contributed by atoms with Crippen LogP contribution in [0, 0.1) is 12.8 Å². The third-order valence-electron chi connectivity index (χ3n) is 5.74. The molecule has 0 bridgehead atoms. The van der Waals surface area contributed by atoms with Crippen molar-refractivity contribution < 1.29 is 9.52 Å². The normalized spacial score (nSPS) is 18.5. The Balaban J connectivity index is 1.50. The van der Waals surface area contributed by atoms with E-state index in [2.05, 4.69) is 16.7 Å². The van der Waals surface area contributed by atoms with Crippen molar-refractivity contribution in [1.29, 1.82) is 0 Å². The first kappa shape index (κ1) is 20.0. The molecule has 3 aromatic heterocycles. The van der Waals surface area contributed by atoms with E-state index in [-0.39, 0.29) is 12.6 Å². The number of aliphatic hydroxyl groups is 1. The van der Waals surface area contributed by atoms with Crippen LogP contribution in [0.5, 0.6) is 0 Å². The van der Waals surface area contributed by atoms with E-state index in [1.807, 2.05) is 37.3 Å². The molecule has 1 aliphatic carbocycles. The Morgan fingerprint density at radius 2 is 2.03 bits per heavy atom. The van der Waals surface area contributed by atoms with E-state index in [1.165, 1.54) is 0 Å². The van der Waals surface area contributed by atoms with Crippen molar-refractivity contribution in [3.63, 3.8) is 0 Å². The van der Waals surface area contributed by atoms with Gasteiger partial charge in [0.15, 0.2) is 0 Å². The summed E-state index contributed by atoms with van der Waals surface area (Å²) in [6.07, 6.45) is 4.64. The third kappa shape index (κ3) is 4.26. The molecule has 1 aromatic carbocycles. The zero-order valence-corrected chi connectivity index (χ0v) is 18.2. The van der Waals surface area contributed by atoms with E-state index < -0.39 is 0 Å². The molecule has 3 heterocycles. The molecule has 0 spiro atoms. The van der Waals surface area contributed by atoms with Crippen molar-refractivity contribution in [2.75, 3.05) is 17.2 Å². The Morgan fingerprint density at radius 3 is 2.81 bits per heavy atom. The maximum Gasteiger partial charge on any atom is 0.225 e. The Hall–Kier alpha value is -2.97. The molecule has 4 aromatic rings. The molecule has 0 aliphatic heterocycles. The van der Waals surface area contributed by atoms with Crippen molar-refractivity contribution in [1.82, 2.24) is 15.0 Å². The second-order valence-corrected chi connectivity index (χ2v) is 9.01. The standard InChI is InChI=1S/C23H25N5O2S/c1-14-20(22-27-18-6-2-3-7-19(18)31-22)21(26-16-9-8-15(11-16)13-29)28-23(25-14)24-12-17-5-4-10-30-17/h2-7,10,15-16,29H,8-9,11-13H2,1H3,(H2,24,25,26,28). The first-order valence-corrected chi connectivity index (χ1v) is 11.4. The molecular formula is C23H25N5O2S. The van der Waals surface area contributed by atoms with E-state index in [0.717, 1.165) is 57.3 Å². The van der Waals surface area contributed by atoms with E-state index in [0.29, 0.717) is 18.4 Å². The smallest absolute Gasteiger partial charge is 0.225 e. The molecule has 0 amide bonds. The first-order valence-electron chi connectivity index (χ1n) is 10.6. The number of aryl methyl sites for hydroxylation is 1. The summed E-state index contributed by atoms with van der Waals surface area (Å²) >= 11 is 1.65. The maximum absolute atomic E-state index is 9.53. The average molecular weight is 436 g/mol. The van der Waals surface area contributed by atoms with Crippen molar-refractivity contribution >= 4 is 33.3 Å². The quantitative estimate of drug-likeness (QED) is 0.382. The highest BCUT2D eigenvalue weighted by molar-refractivity contribution is 7.21. The highest BCUT2D eigenvalue weighted by atomic mass is 32.1. The molecule has 0 radical (unpaired) electrons. The lowest BCUT2D eigenvalue weighted by molar-refractivity contribution is 0.229. The van der Waals surface area contributed by atoms with Gasteiger partial charge in [0, 0.05) is 12.6 Å². The molecule has 2 unspecified atom stereocenters. The number of hydrogen-bond donors (Lipinski definition) is 3. The number of aliphatic hydroxyl groups excluding tert-OH is 1. The van der Waals surface area contributed by atoms with Crippen molar-refractivity contribution in [2.24, 2.45) is 5.92 Å². The fraction of sp³-hybridized carbons (Fsp3) is 0.348. The van der Waals surface area contributed by atoms with Gasteiger partial charge < -0.3 is 20.2 Å². The van der Waals surface area contributed by atoms with Crippen LogP contribution in [-0.2, 0) is 6.54 Å². The summed E-state index contributed by atoms with van der Waals surface area (Å²) in [6, 6.07) is 12.2. The summed E-state index contributed by atoms with van der Waals surface area (Å²) < 4.78 is 6.55. The summed E-state index contributed by atoms with van der Waals surface area (Å²) in [5, 5.41) is 17.3. The van der Waals surface area contributed by atoms with Gasteiger partial charge >= 0.3 is 0 Å². The van der Waals surface area contributed by atoms with Gasteiger partial charge in [-0.05, 0) is 56.4 Å². The summed E-state index contributed by atoms with van der Waals surface area (Å²) in [5.41, 5.74) is 2.79. The number of benzene rings is 1. The third-order valence-corrected chi connectivity index (χ3v) is 6.79. The molecule has 1 saturated carbocycles. The van der Waals surface area contributed by atoms with Crippen LogP contribution in [0.4, 0.5) is 11.8 Å². The fourth-order valence-electron chi connectivity index (χ4n) is 4.14. The zero-order valence-electron chi connectivity index (χ0n) is 17.3. The molecule has 3 N–H and O–H groups in total. The van der Waals surface area contributed by atoms with E-state index >= 15 is 0 Å². The number of aromatic nitrogens is 3. The predicted octanol–water partition coefficient (Wildman–Crippen LogP) is 4.84. The largest absolute Gasteiger partial charge is 0.467 e. The second-order valence-electron chi connectivity index (χ2n) is 7.98. The molecule has 2 atom stereocenters. The van der Waals surface area contributed by atoms with Crippen LogP contribution in [-0.4, -0.2) is 32.7 Å². The highest BCUT2D eigenvalue weighted by Crippen LogP contribution is 2.37. The van der Waals surface area contributed by atoms with Gasteiger partial charge in [-0.3, -0.25) is 0 Å². The van der Waals surface area contributed by atoms with Gasteiger partial charge in [0.1, 0.15) is 16.6 Å². The zero-order chi connectivity index (χ0) is 21.2. The fourth-order valence-corrected chi connectivity index (χ4v) is 5.20. The Morgan fingerprint density at radius 1 is 1.13 bits per heavy atom. The summed E-state index contributed by atoms with van der Waals surface area (Å²) in [4.78, 5) is 14.4. The average Bonchev–Trinajstić information content (AvgIpc) is 3.52. The minimum atomic E-state index is 0.238. The molecule has 5 rings (SSSR count). The topological polar surface area (TPSA) is 96.1 Å². The Bertz CT molecular complexity index is 1140. The molecule has 1 fully saturated rings. The molecule has 8 heteroatoms. The molecule has 7 nitrogen and oxygen atoms in total. The van der Waals surface area contributed by atoms with Gasteiger partial charge in [0.05, 0.1) is 34.3 Å². The molecular weight excluding hydrogens is 410 g/mol. The number of nitrogens with zero attached hydrogens (tertiary/aromatic N) is 3. The number of fused-ring (bicyclic) bond motifs is 1. The number of furan rings is 1. The van der Waals surface area contributed by atoms with Crippen molar-refractivity contribution in [3.05, 3.63) is 54.1 Å². The van der Waals surface area contributed by atoms with Gasteiger partial charge in [-0.2, -0.15) is 4.98 Å². The van der Waals surface area contributed by atoms with Crippen molar-refractivity contribution in [3.8, 4) is 10.6 Å². The summed E-state index contributed by atoms with van der Waals surface area (Å²) in [5.74, 6) is 2.52. The van der Waals surface area contributed by atoms with Crippen LogP contribution in [0.1, 0.15) is 30.7 Å². The van der Waals surface area contributed by atoms with Crippen LogP contribution in [0.3, 0.4) is 0 Å². The lowest BCUT2D eigenvalue weighted by Gasteiger charge is -2.18. The Labute approximate surface area is 184 Å². The number of anilines is 2. The van der Waals surface area contributed by atoms with Gasteiger partial charge in [-0.1, -0.05) is 12.1 Å². The molecule has 31 heavy (non-hydrogen) atoms. The SMILES string of the molecule is Cc1nc(NCc2ccco2)nc(NC2CCC(CO)C2)c1-c1nc2ccccc2s1. The first-order chi connectivity index (χ1) is 15.2. The molecule has 0 saturated heterocycles. The van der Waals surface area contributed by atoms with Gasteiger partial charge in [0.25, 0.3) is 0 Å². The van der Waals surface area contributed by atoms with Crippen LogP contribution in [0.2, 0.25) is 0 Å². The summed E-state index contributed by atoms with van der Waals surface area (Å²) in [6.45, 7) is 2.75. The number of thiazole rings is 1. The maximum atomic E-state index is 9.53. The van der Waals surface area contributed by atoms with Gasteiger partial charge in [-0.25, -0.2) is 9.97 Å². The van der Waals surface area contributed by atoms with Crippen LogP contribution < -0.4 is 10.6 Å². The number of rotatable bonds is 7. The highest BCUT2D eigenvalue weighted by Gasteiger charge is 2.26. The lowest BCUT2D eigenvalue weighted by Crippen LogP contribution is -2.19. The molecule has 160 valence electrons. The van der Waals surface area contributed by atoms with Crippen LogP contribution in [0.25, 0.3) is 20.8 Å². The van der Waals surface area contributed by atoms with Gasteiger partial charge in [0.2, 0.25) is 5.95 Å². The van der Waals surface area contributed by atoms with E-state index in [1.54, 1.807) is 17.6 Å². The second kappa shape index (κ2) is 8.64. The summed E-state index contributed by atoms with van der Waals surface area (Å²) in [7, 11) is 0. The Kier molecular flexibility index (Phi) is 5.57.